The molecule has 4 N–H and O–H groups in total. The Labute approximate surface area is 95.1 Å². The highest BCUT2D eigenvalue weighted by atomic mass is 35.5. The monoisotopic (exact) mass is 233 g/mol. The zero-order chi connectivity index (χ0) is 10.6. The Balaban J connectivity index is 0.00000196. The van der Waals surface area contributed by atoms with Crippen LogP contribution in [0.4, 0.5) is 0 Å². The van der Waals surface area contributed by atoms with E-state index in [2.05, 4.69) is 0 Å². The van der Waals surface area contributed by atoms with Crippen LogP contribution in [-0.4, -0.2) is 30.5 Å². The number of ether oxygens (including phenoxy) is 1. The van der Waals surface area contributed by atoms with Crippen LogP contribution in [-0.2, 0) is 0 Å². The van der Waals surface area contributed by atoms with Crippen molar-refractivity contribution in [1.82, 2.24) is 0 Å². The first kappa shape index (κ1) is 14.0. The highest BCUT2D eigenvalue weighted by molar-refractivity contribution is 5.85. The third-order valence-corrected chi connectivity index (χ3v) is 2.18. The summed E-state index contributed by atoms with van der Waals surface area (Å²) in [6.07, 6.45) is 0. The van der Waals surface area contributed by atoms with Crippen LogP contribution in [0.2, 0.25) is 0 Å². The van der Waals surface area contributed by atoms with Gasteiger partial charge in [0.1, 0.15) is 0 Å². The predicted molar refractivity (Wildman–Crippen MR) is 60.8 cm³/mol. The lowest BCUT2D eigenvalue weighted by Crippen LogP contribution is -2.15. The minimum absolute atomic E-state index is 0. The van der Waals surface area contributed by atoms with Gasteiger partial charge in [0.25, 0.3) is 0 Å². The number of phenolic OH excluding ortho intramolecular Hbond substituents is 1. The molecule has 1 aromatic carbocycles. The van der Waals surface area contributed by atoms with Crippen molar-refractivity contribution in [2.45, 2.75) is 5.92 Å². The first-order valence-electron chi connectivity index (χ1n) is 4.40. The lowest BCUT2D eigenvalue weighted by atomic mass is 10.00. The summed E-state index contributed by atoms with van der Waals surface area (Å²) in [5.41, 5.74) is 6.28. The number of nitrogens with two attached hydrogens (primary N) is 1. The molecule has 0 heterocycles. The van der Waals surface area contributed by atoms with E-state index < -0.39 is 0 Å². The summed E-state index contributed by atoms with van der Waals surface area (Å²) in [4.78, 5) is 0. The molecule has 1 unspecified atom stereocenters. The van der Waals surface area contributed by atoms with E-state index in [1.54, 1.807) is 18.2 Å². The van der Waals surface area contributed by atoms with E-state index in [1.807, 2.05) is 0 Å². The van der Waals surface area contributed by atoms with Gasteiger partial charge in [-0.2, -0.15) is 0 Å². The van der Waals surface area contributed by atoms with Crippen LogP contribution < -0.4 is 10.5 Å². The second kappa shape index (κ2) is 6.50. The molecule has 0 radical (unpaired) electrons. The van der Waals surface area contributed by atoms with Crippen LogP contribution in [0, 0.1) is 0 Å². The molecule has 1 atom stereocenters. The third-order valence-electron chi connectivity index (χ3n) is 2.18. The summed E-state index contributed by atoms with van der Waals surface area (Å²) in [6, 6.07) is 5.00. The average Bonchev–Trinajstić information content (AvgIpc) is 2.20. The number of hydrogen-bond donors (Lipinski definition) is 3. The molecule has 4 nitrogen and oxygen atoms in total. The molecule has 0 spiro atoms. The second-order valence-corrected chi connectivity index (χ2v) is 3.05. The maximum absolute atomic E-state index is 9.48. The topological polar surface area (TPSA) is 75.7 Å². The molecule has 0 aromatic heterocycles. The van der Waals surface area contributed by atoms with Crippen LogP contribution in [0.15, 0.2) is 18.2 Å². The summed E-state index contributed by atoms with van der Waals surface area (Å²) < 4.78 is 4.90. The number of phenols is 1. The SMILES string of the molecule is COc1ccc(C(CN)CO)cc1O.Cl. The average molecular weight is 234 g/mol. The van der Waals surface area contributed by atoms with Gasteiger partial charge in [0.15, 0.2) is 11.5 Å². The van der Waals surface area contributed by atoms with Gasteiger partial charge >= 0.3 is 0 Å². The molecule has 5 heteroatoms. The molecular formula is C10H16ClNO3. The number of benzene rings is 1. The molecule has 0 aliphatic carbocycles. The normalized spacial score (nSPS) is 11.7. The number of aliphatic hydroxyl groups excluding tert-OH is 1. The van der Waals surface area contributed by atoms with Gasteiger partial charge in [0.2, 0.25) is 0 Å². The number of rotatable bonds is 4. The molecule has 0 fully saturated rings. The zero-order valence-corrected chi connectivity index (χ0v) is 9.33. The van der Waals surface area contributed by atoms with E-state index in [0.29, 0.717) is 12.3 Å². The Morgan fingerprint density at radius 1 is 1.47 bits per heavy atom. The molecule has 0 amide bonds. The Morgan fingerprint density at radius 2 is 2.13 bits per heavy atom. The molecule has 86 valence electrons. The molecule has 1 aromatic rings. The van der Waals surface area contributed by atoms with Crippen LogP contribution in [0.5, 0.6) is 11.5 Å². The van der Waals surface area contributed by atoms with Crippen molar-refractivity contribution in [3.8, 4) is 11.5 Å². The van der Waals surface area contributed by atoms with E-state index in [9.17, 15) is 5.11 Å². The van der Waals surface area contributed by atoms with Gasteiger partial charge in [-0.15, -0.1) is 12.4 Å². The maximum Gasteiger partial charge on any atom is 0.160 e. The van der Waals surface area contributed by atoms with Gasteiger partial charge in [0, 0.05) is 12.5 Å². The number of aliphatic hydroxyl groups is 1. The maximum atomic E-state index is 9.48. The van der Waals surface area contributed by atoms with Crippen molar-refractivity contribution < 1.29 is 14.9 Å². The van der Waals surface area contributed by atoms with Gasteiger partial charge in [-0.1, -0.05) is 6.07 Å². The fourth-order valence-electron chi connectivity index (χ4n) is 1.28. The minimum atomic E-state index is -0.133. The molecule has 0 aliphatic heterocycles. The lowest BCUT2D eigenvalue weighted by Gasteiger charge is -2.13. The molecule has 0 aliphatic rings. The van der Waals surface area contributed by atoms with Gasteiger partial charge in [-0.3, -0.25) is 0 Å². The van der Waals surface area contributed by atoms with Crippen molar-refractivity contribution in [3.63, 3.8) is 0 Å². The van der Waals surface area contributed by atoms with E-state index in [-0.39, 0.29) is 30.7 Å². The van der Waals surface area contributed by atoms with Gasteiger partial charge < -0.3 is 20.7 Å². The van der Waals surface area contributed by atoms with Crippen molar-refractivity contribution in [2.75, 3.05) is 20.3 Å². The summed E-state index contributed by atoms with van der Waals surface area (Å²) in [5.74, 6) is 0.353. The van der Waals surface area contributed by atoms with Crippen molar-refractivity contribution in [3.05, 3.63) is 23.8 Å². The summed E-state index contributed by atoms with van der Waals surface area (Å²) in [7, 11) is 1.49. The minimum Gasteiger partial charge on any atom is -0.504 e. The van der Waals surface area contributed by atoms with E-state index in [4.69, 9.17) is 15.6 Å². The Bertz CT molecular complexity index is 303. The first-order chi connectivity index (χ1) is 6.72. The lowest BCUT2D eigenvalue weighted by molar-refractivity contribution is 0.267. The van der Waals surface area contributed by atoms with E-state index in [0.717, 1.165) is 5.56 Å². The summed E-state index contributed by atoms with van der Waals surface area (Å²) in [6.45, 7) is 0.324. The molecule has 0 bridgehead atoms. The number of methoxy groups -OCH3 is 1. The fraction of sp³-hybridized carbons (Fsp3) is 0.400. The summed E-state index contributed by atoms with van der Waals surface area (Å²) in [5, 5.41) is 18.5. The standard InChI is InChI=1S/C10H15NO3.ClH/c1-14-10-3-2-7(4-9(10)13)8(5-11)6-12;/h2-4,8,12-13H,5-6,11H2,1H3;1H. The van der Waals surface area contributed by atoms with Gasteiger partial charge in [0.05, 0.1) is 13.7 Å². The van der Waals surface area contributed by atoms with Gasteiger partial charge in [-0.25, -0.2) is 0 Å². The number of halogens is 1. The first-order valence-corrected chi connectivity index (χ1v) is 4.40. The Hall–Kier alpha value is -0.970. The third kappa shape index (κ3) is 3.27. The second-order valence-electron chi connectivity index (χ2n) is 3.05. The van der Waals surface area contributed by atoms with Crippen molar-refractivity contribution >= 4 is 12.4 Å². The highest BCUT2D eigenvalue weighted by Gasteiger charge is 2.10. The van der Waals surface area contributed by atoms with E-state index in [1.165, 1.54) is 7.11 Å². The van der Waals surface area contributed by atoms with Gasteiger partial charge in [-0.05, 0) is 17.7 Å². The van der Waals surface area contributed by atoms with E-state index >= 15 is 0 Å². The van der Waals surface area contributed by atoms with Crippen LogP contribution in [0.3, 0.4) is 0 Å². The van der Waals surface area contributed by atoms with Crippen LogP contribution >= 0.6 is 12.4 Å². The van der Waals surface area contributed by atoms with Crippen molar-refractivity contribution in [1.29, 1.82) is 0 Å². The molecule has 1 rings (SSSR count). The van der Waals surface area contributed by atoms with Crippen LogP contribution in [0.25, 0.3) is 0 Å². The van der Waals surface area contributed by atoms with Crippen LogP contribution in [0.1, 0.15) is 11.5 Å². The Kier molecular flexibility index (Phi) is 6.08. The van der Waals surface area contributed by atoms with Crippen molar-refractivity contribution in [2.24, 2.45) is 5.73 Å². The number of hydrogen-bond acceptors (Lipinski definition) is 4. The highest BCUT2D eigenvalue weighted by Crippen LogP contribution is 2.29. The summed E-state index contributed by atoms with van der Waals surface area (Å²) >= 11 is 0. The molecular weight excluding hydrogens is 218 g/mol. The smallest absolute Gasteiger partial charge is 0.160 e. The molecule has 15 heavy (non-hydrogen) atoms. The predicted octanol–water partition coefficient (Wildman–Crippen LogP) is 0.857. The molecule has 0 saturated carbocycles. The largest absolute Gasteiger partial charge is 0.504 e. The number of aromatic hydroxyl groups is 1. The molecule has 0 saturated heterocycles. The fourth-order valence-corrected chi connectivity index (χ4v) is 1.28. The quantitative estimate of drug-likeness (QED) is 0.721. The zero-order valence-electron chi connectivity index (χ0n) is 8.51. The Morgan fingerprint density at radius 3 is 2.53 bits per heavy atom.